The Morgan fingerprint density at radius 3 is 2.29 bits per heavy atom. The first kappa shape index (κ1) is 20.3. The maximum absolute atomic E-state index is 12.1. The van der Waals surface area contributed by atoms with Crippen LogP contribution in [0.25, 0.3) is 0 Å². The number of hydrogen-bond acceptors (Lipinski definition) is 3. The number of hydrogen-bond donors (Lipinski definition) is 1. The predicted molar refractivity (Wildman–Crippen MR) is 111 cm³/mol. The third kappa shape index (κ3) is 2.38. The van der Waals surface area contributed by atoms with Crippen molar-refractivity contribution in [2.24, 2.45) is 45.3 Å². The SMILES string of the molecule is CC1(C)CCC[C@@]2(C)C1CC[C@@]1(C)[C@@H]3CC=C(C=O)[C@H](C=O)[C@@]3(C)[C@H](O)C[C@@H]12. The molecule has 0 aromatic heterocycles. The van der Waals surface area contributed by atoms with E-state index in [1.807, 2.05) is 6.08 Å². The van der Waals surface area contributed by atoms with Crippen molar-refractivity contribution in [3.8, 4) is 0 Å². The topological polar surface area (TPSA) is 54.4 Å². The maximum Gasteiger partial charge on any atom is 0.146 e. The summed E-state index contributed by atoms with van der Waals surface area (Å²) in [5, 5.41) is 11.5. The monoisotopic (exact) mass is 386 g/mol. The van der Waals surface area contributed by atoms with Gasteiger partial charge in [0.1, 0.15) is 12.6 Å². The third-order valence-corrected chi connectivity index (χ3v) is 10.5. The molecule has 28 heavy (non-hydrogen) atoms. The Balaban J connectivity index is 1.81. The predicted octanol–water partition coefficient (Wildman–Crippen LogP) is 4.97. The summed E-state index contributed by atoms with van der Waals surface area (Å²) in [4.78, 5) is 23.7. The van der Waals surface area contributed by atoms with Gasteiger partial charge in [0.2, 0.25) is 0 Å². The zero-order valence-corrected chi connectivity index (χ0v) is 18.3. The van der Waals surface area contributed by atoms with Gasteiger partial charge < -0.3 is 9.90 Å². The van der Waals surface area contributed by atoms with Gasteiger partial charge in [0.05, 0.1) is 12.0 Å². The molecule has 0 aromatic carbocycles. The number of carbonyl (C=O) groups excluding carboxylic acids is 2. The molecule has 0 radical (unpaired) electrons. The van der Waals surface area contributed by atoms with E-state index in [4.69, 9.17) is 0 Å². The van der Waals surface area contributed by atoms with Gasteiger partial charge in [-0.1, -0.05) is 47.1 Å². The van der Waals surface area contributed by atoms with Crippen LogP contribution in [0.5, 0.6) is 0 Å². The van der Waals surface area contributed by atoms with Gasteiger partial charge in [-0.2, -0.15) is 0 Å². The van der Waals surface area contributed by atoms with Crippen molar-refractivity contribution in [1.82, 2.24) is 0 Å². The van der Waals surface area contributed by atoms with Crippen LogP contribution in [-0.4, -0.2) is 23.8 Å². The number of carbonyl (C=O) groups is 2. The molecule has 3 fully saturated rings. The molecule has 4 aliphatic carbocycles. The van der Waals surface area contributed by atoms with Gasteiger partial charge >= 0.3 is 0 Å². The van der Waals surface area contributed by atoms with Crippen LogP contribution in [0.1, 0.15) is 79.6 Å². The van der Waals surface area contributed by atoms with Gasteiger partial charge in [-0.05, 0) is 78.1 Å². The molecular weight excluding hydrogens is 348 g/mol. The number of aldehydes is 2. The molecule has 0 heterocycles. The zero-order valence-electron chi connectivity index (χ0n) is 18.3. The fourth-order valence-corrected chi connectivity index (χ4v) is 9.10. The van der Waals surface area contributed by atoms with Crippen LogP contribution in [0.2, 0.25) is 0 Å². The van der Waals surface area contributed by atoms with E-state index < -0.39 is 17.4 Å². The van der Waals surface area contributed by atoms with Gasteiger partial charge in [-0.3, -0.25) is 4.79 Å². The summed E-state index contributed by atoms with van der Waals surface area (Å²) < 4.78 is 0. The highest BCUT2D eigenvalue weighted by Crippen LogP contribution is 2.72. The van der Waals surface area contributed by atoms with Gasteiger partial charge in [-0.15, -0.1) is 0 Å². The number of aliphatic hydroxyl groups is 1. The van der Waals surface area contributed by atoms with Gasteiger partial charge in [0.25, 0.3) is 0 Å². The summed E-state index contributed by atoms with van der Waals surface area (Å²) in [6, 6.07) is 0. The van der Waals surface area contributed by atoms with Crippen molar-refractivity contribution in [1.29, 1.82) is 0 Å². The molecule has 3 saturated carbocycles. The molecule has 4 aliphatic rings. The lowest BCUT2D eigenvalue weighted by atomic mass is 9.35. The summed E-state index contributed by atoms with van der Waals surface area (Å²) in [6.45, 7) is 11.9. The molecular formula is C25H38O3. The minimum absolute atomic E-state index is 0.110. The molecule has 156 valence electrons. The first-order valence-corrected chi connectivity index (χ1v) is 11.3. The normalized spacial score (nSPS) is 52.5. The lowest BCUT2D eigenvalue weighted by Crippen LogP contribution is -2.66. The standard InChI is InChI=1S/C25H38O3/c1-22(2)10-6-11-23(3)18(22)9-12-24(4)19-8-7-16(14-26)17(15-27)25(19,5)21(28)13-20(23)24/h7,14-15,17-21,28H,6,8-13H2,1-5H3/t17-,18?,19-,20+,21+,23-,24-,25+/m0/s1. The Bertz CT molecular complexity index is 709. The van der Waals surface area contributed by atoms with E-state index in [0.717, 1.165) is 25.4 Å². The number of aliphatic hydroxyl groups excluding tert-OH is 1. The van der Waals surface area contributed by atoms with E-state index in [0.29, 0.717) is 22.8 Å². The fourth-order valence-electron chi connectivity index (χ4n) is 9.10. The highest BCUT2D eigenvalue weighted by atomic mass is 16.3. The van der Waals surface area contributed by atoms with E-state index in [9.17, 15) is 14.7 Å². The number of allylic oxidation sites excluding steroid dienone is 2. The Labute approximate surface area is 170 Å². The summed E-state index contributed by atoms with van der Waals surface area (Å²) >= 11 is 0. The summed E-state index contributed by atoms with van der Waals surface area (Å²) in [6.07, 6.45) is 11.1. The van der Waals surface area contributed by atoms with E-state index in [1.54, 1.807) is 0 Å². The van der Waals surface area contributed by atoms with Crippen LogP contribution in [0, 0.1) is 45.3 Å². The number of fused-ring (bicyclic) bond motifs is 5. The zero-order chi connectivity index (χ0) is 20.5. The van der Waals surface area contributed by atoms with Crippen LogP contribution in [0.15, 0.2) is 11.6 Å². The Morgan fingerprint density at radius 1 is 0.964 bits per heavy atom. The second-order valence-corrected chi connectivity index (χ2v) is 11.8. The van der Waals surface area contributed by atoms with Crippen LogP contribution in [-0.2, 0) is 9.59 Å². The Hall–Kier alpha value is -0.960. The van der Waals surface area contributed by atoms with Crippen LogP contribution >= 0.6 is 0 Å². The molecule has 0 amide bonds. The van der Waals surface area contributed by atoms with Crippen molar-refractivity contribution in [2.45, 2.75) is 85.7 Å². The van der Waals surface area contributed by atoms with Crippen LogP contribution in [0.4, 0.5) is 0 Å². The van der Waals surface area contributed by atoms with Crippen molar-refractivity contribution >= 4 is 12.6 Å². The molecule has 1 unspecified atom stereocenters. The molecule has 3 nitrogen and oxygen atoms in total. The molecule has 0 aliphatic heterocycles. The second kappa shape index (κ2) is 6.27. The second-order valence-electron chi connectivity index (χ2n) is 11.8. The molecule has 0 bridgehead atoms. The first-order valence-electron chi connectivity index (χ1n) is 11.3. The van der Waals surface area contributed by atoms with Crippen molar-refractivity contribution in [3.05, 3.63) is 11.6 Å². The maximum atomic E-state index is 12.1. The van der Waals surface area contributed by atoms with Gasteiger partial charge in [-0.25, -0.2) is 0 Å². The van der Waals surface area contributed by atoms with Gasteiger partial charge in [0.15, 0.2) is 0 Å². The highest BCUT2D eigenvalue weighted by molar-refractivity contribution is 5.82. The summed E-state index contributed by atoms with van der Waals surface area (Å²) in [7, 11) is 0. The Kier molecular flexibility index (Phi) is 4.55. The largest absolute Gasteiger partial charge is 0.393 e. The lowest BCUT2D eigenvalue weighted by molar-refractivity contribution is -0.231. The fraction of sp³-hybridized carbons (Fsp3) is 0.840. The van der Waals surface area contributed by atoms with E-state index in [-0.39, 0.29) is 16.7 Å². The number of rotatable bonds is 2. The first-order chi connectivity index (χ1) is 13.1. The molecule has 0 spiro atoms. The highest BCUT2D eigenvalue weighted by Gasteiger charge is 2.67. The molecule has 8 atom stereocenters. The van der Waals surface area contributed by atoms with Crippen molar-refractivity contribution in [2.75, 3.05) is 0 Å². The minimum Gasteiger partial charge on any atom is -0.393 e. The molecule has 0 saturated heterocycles. The van der Waals surface area contributed by atoms with E-state index in [2.05, 4.69) is 34.6 Å². The Morgan fingerprint density at radius 2 is 1.64 bits per heavy atom. The quantitative estimate of drug-likeness (QED) is 0.682. The smallest absolute Gasteiger partial charge is 0.146 e. The third-order valence-electron chi connectivity index (χ3n) is 10.5. The van der Waals surface area contributed by atoms with E-state index in [1.165, 1.54) is 32.1 Å². The van der Waals surface area contributed by atoms with Crippen molar-refractivity contribution < 1.29 is 14.7 Å². The average Bonchev–Trinajstić information content (AvgIpc) is 2.62. The molecule has 0 aromatic rings. The van der Waals surface area contributed by atoms with E-state index >= 15 is 0 Å². The summed E-state index contributed by atoms with van der Waals surface area (Å²) in [5.74, 6) is 0.945. The molecule has 1 N–H and O–H groups in total. The van der Waals surface area contributed by atoms with Crippen LogP contribution in [0.3, 0.4) is 0 Å². The summed E-state index contributed by atoms with van der Waals surface area (Å²) in [5.41, 5.74) is 0.767. The lowest BCUT2D eigenvalue weighted by Gasteiger charge is -2.70. The molecule has 4 rings (SSSR count). The van der Waals surface area contributed by atoms with Crippen LogP contribution < -0.4 is 0 Å². The molecule has 3 heteroatoms. The minimum atomic E-state index is -0.536. The van der Waals surface area contributed by atoms with Crippen molar-refractivity contribution in [3.63, 3.8) is 0 Å². The average molecular weight is 387 g/mol. The van der Waals surface area contributed by atoms with Gasteiger partial charge in [0, 0.05) is 5.41 Å².